The maximum absolute atomic E-state index is 12.1. The summed E-state index contributed by atoms with van der Waals surface area (Å²) < 4.78 is 2.11. The Labute approximate surface area is 132 Å². The molecule has 7 nitrogen and oxygen atoms in total. The summed E-state index contributed by atoms with van der Waals surface area (Å²) in [5.41, 5.74) is 9.11. The Hall–Kier alpha value is -2.67. The van der Waals surface area contributed by atoms with E-state index in [9.17, 15) is 4.79 Å². The molecular formula is C16H18N6O. The summed E-state index contributed by atoms with van der Waals surface area (Å²) in [6, 6.07) is 8.09. The van der Waals surface area contributed by atoms with E-state index in [0.29, 0.717) is 18.7 Å². The third kappa shape index (κ3) is 2.39. The lowest BCUT2D eigenvalue weighted by Crippen LogP contribution is -2.36. The van der Waals surface area contributed by atoms with E-state index in [4.69, 9.17) is 10.7 Å². The number of nitrogens with two attached hydrogens (primary N) is 1. The van der Waals surface area contributed by atoms with Crippen LogP contribution < -0.4 is 11.3 Å². The van der Waals surface area contributed by atoms with Crippen molar-refractivity contribution in [2.45, 2.75) is 19.5 Å². The van der Waals surface area contributed by atoms with Gasteiger partial charge in [0.1, 0.15) is 5.82 Å². The van der Waals surface area contributed by atoms with Crippen LogP contribution in [0.25, 0.3) is 11.0 Å². The number of para-hydroxylation sites is 2. The van der Waals surface area contributed by atoms with Crippen molar-refractivity contribution in [2.75, 3.05) is 12.3 Å². The molecule has 0 unspecified atom stereocenters. The van der Waals surface area contributed by atoms with Gasteiger partial charge in [0.25, 0.3) is 5.56 Å². The quantitative estimate of drug-likeness (QED) is 0.730. The standard InChI is InChI=1S/C16H18N6O/c1-21-13-5-3-2-4-12(13)18-14(21)9-22-7-6-11-10(8-22)15(23)20-16(17)19-11/h2-5H,6-9H2,1H3,(H3,17,19,20,23). The molecule has 118 valence electrons. The van der Waals surface area contributed by atoms with Crippen LogP contribution in [0.15, 0.2) is 29.1 Å². The molecule has 3 heterocycles. The number of nitrogens with one attached hydrogen (secondary N) is 1. The Morgan fingerprint density at radius 2 is 2.13 bits per heavy atom. The third-order valence-corrected chi connectivity index (χ3v) is 4.41. The molecule has 0 saturated carbocycles. The van der Waals surface area contributed by atoms with Crippen LogP contribution in [0.4, 0.5) is 5.95 Å². The van der Waals surface area contributed by atoms with Crippen LogP contribution in [0.1, 0.15) is 17.1 Å². The van der Waals surface area contributed by atoms with Crippen molar-refractivity contribution in [2.24, 2.45) is 7.05 Å². The maximum Gasteiger partial charge on any atom is 0.257 e. The van der Waals surface area contributed by atoms with Crippen molar-refractivity contribution in [1.29, 1.82) is 0 Å². The predicted molar refractivity (Wildman–Crippen MR) is 87.8 cm³/mol. The van der Waals surface area contributed by atoms with Gasteiger partial charge in [0.05, 0.1) is 28.8 Å². The van der Waals surface area contributed by atoms with Gasteiger partial charge in [-0.25, -0.2) is 9.97 Å². The lowest BCUT2D eigenvalue weighted by molar-refractivity contribution is 0.234. The minimum absolute atomic E-state index is 0.137. The first kappa shape index (κ1) is 14.0. The zero-order chi connectivity index (χ0) is 16.0. The van der Waals surface area contributed by atoms with E-state index in [-0.39, 0.29) is 11.5 Å². The van der Waals surface area contributed by atoms with Crippen molar-refractivity contribution < 1.29 is 0 Å². The third-order valence-electron chi connectivity index (χ3n) is 4.41. The maximum atomic E-state index is 12.1. The van der Waals surface area contributed by atoms with Crippen LogP contribution in [0.3, 0.4) is 0 Å². The van der Waals surface area contributed by atoms with Gasteiger partial charge in [-0.05, 0) is 12.1 Å². The zero-order valence-electron chi connectivity index (χ0n) is 12.9. The van der Waals surface area contributed by atoms with Gasteiger partial charge in [-0.2, -0.15) is 0 Å². The normalized spacial score (nSPS) is 15.0. The van der Waals surface area contributed by atoms with Crippen LogP contribution >= 0.6 is 0 Å². The second-order valence-electron chi connectivity index (χ2n) is 5.91. The number of nitrogens with zero attached hydrogens (tertiary/aromatic N) is 4. The van der Waals surface area contributed by atoms with Crippen molar-refractivity contribution >= 4 is 17.0 Å². The van der Waals surface area contributed by atoms with Gasteiger partial charge in [0.2, 0.25) is 5.95 Å². The molecule has 0 aliphatic carbocycles. The van der Waals surface area contributed by atoms with Gasteiger partial charge in [0.15, 0.2) is 0 Å². The number of nitrogen functional groups attached to an aromatic ring is 1. The number of benzene rings is 1. The van der Waals surface area contributed by atoms with Crippen molar-refractivity contribution in [3.63, 3.8) is 0 Å². The fourth-order valence-electron chi connectivity index (χ4n) is 3.17. The fraction of sp³-hybridized carbons (Fsp3) is 0.312. The molecule has 2 aromatic heterocycles. The molecule has 23 heavy (non-hydrogen) atoms. The Kier molecular flexibility index (Phi) is 3.16. The summed E-state index contributed by atoms with van der Waals surface area (Å²) in [6.07, 6.45) is 0.730. The van der Waals surface area contributed by atoms with Crippen LogP contribution in [-0.4, -0.2) is 31.0 Å². The Balaban J connectivity index is 1.62. The summed E-state index contributed by atoms with van der Waals surface area (Å²) in [6.45, 7) is 2.11. The summed E-state index contributed by atoms with van der Waals surface area (Å²) in [5.74, 6) is 1.19. The van der Waals surface area contributed by atoms with E-state index in [2.05, 4.69) is 25.5 Å². The molecule has 0 fully saturated rings. The highest BCUT2D eigenvalue weighted by Gasteiger charge is 2.22. The first-order valence-corrected chi connectivity index (χ1v) is 7.62. The molecule has 3 N–H and O–H groups in total. The van der Waals surface area contributed by atoms with E-state index in [1.807, 2.05) is 25.2 Å². The number of aryl methyl sites for hydroxylation is 1. The Morgan fingerprint density at radius 3 is 2.96 bits per heavy atom. The fourth-order valence-corrected chi connectivity index (χ4v) is 3.17. The van der Waals surface area contributed by atoms with Gasteiger partial charge >= 0.3 is 0 Å². The minimum Gasteiger partial charge on any atom is -0.369 e. The lowest BCUT2D eigenvalue weighted by atomic mass is 10.1. The molecule has 7 heteroatoms. The average Bonchev–Trinajstić information content (AvgIpc) is 2.84. The molecular weight excluding hydrogens is 292 g/mol. The van der Waals surface area contributed by atoms with Crippen molar-refractivity contribution in [3.05, 3.63) is 51.7 Å². The van der Waals surface area contributed by atoms with Gasteiger partial charge in [-0.15, -0.1) is 0 Å². The van der Waals surface area contributed by atoms with Gasteiger partial charge in [0, 0.05) is 26.6 Å². The molecule has 0 saturated heterocycles. The Morgan fingerprint density at radius 1 is 1.30 bits per heavy atom. The first-order chi connectivity index (χ1) is 11.1. The number of rotatable bonds is 2. The largest absolute Gasteiger partial charge is 0.369 e. The molecule has 0 spiro atoms. The predicted octanol–water partition coefficient (Wildman–Crippen LogP) is 0.797. The smallest absolute Gasteiger partial charge is 0.257 e. The molecule has 0 amide bonds. The van der Waals surface area contributed by atoms with E-state index in [0.717, 1.165) is 35.5 Å². The summed E-state index contributed by atoms with van der Waals surface area (Å²) in [7, 11) is 2.03. The molecule has 1 aliphatic heterocycles. The van der Waals surface area contributed by atoms with Crippen LogP contribution in [-0.2, 0) is 26.6 Å². The SMILES string of the molecule is Cn1c(CN2CCc3nc(N)[nH]c(=O)c3C2)nc2ccccc21. The summed E-state index contributed by atoms with van der Waals surface area (Å²) in [5, 5.41) is 0. The van der Waals surface area contributed by atoms with Gasteiger partial charge < -0.3 is 10.3 Å². The lowest BCUT2D eigenvalue weighted by Gasteiger charge is -2.27. The van der Waals surface area contributed by atoms with E-state index < -0.39 is 0 Å². The van der Waals surface area contributed by atoms with Gasteiger partial charge in [-0.3, -0.25) is 14.7 Å². The second kappa shape index (κ2) is 5.20. The van der Waals surface area contributed by atoms with E-state index in [1.54, 1.807) is 0 Å². The molecule has 1 aromatic carbocycles. The monoisotopic (exact) mass is 310 g/mol. The van der Waals surface area contributed by atoms with Crippen molar-refractivity contribution in [3.8, 4) is 0 Å². The zero-order valence-corrected chi connectivity index (χ0v) is 12.9. The molecule has 0 bridgehead atoms. The number of H-pyrrole nitrogens is 1. The number of aromatic nitrogens is 4. The highest BCUT2D eigenvalue weighted by molar-refractivity contribution is 5.75. The molecule has 1 aliphatic rings. The van der Waals surface area contributed by atoms with Crippen LogP contribution in [0.5, 0.6) is 0 Å². The highest BCUT2D eigenvalue weighted by atomic mass is 16.1. The van der Waals surface area contributed by atoms with Gasteiger partial charge in [-0.1, -0.05) is 12.1 Å². The van der Waals surface area contributed by atoms with E-state index in [1.165, 1.54) is 0 Å². The summed E-state index contributed by atoms with van der Waals surface area (Å²) in [4.78, 5) is 25.8. The molecule has 3 aromatic rings. The first-order valence-electron chi connectivity index (χ1n) is 7.62. The van der Waals surface area contributed by atoms with Crippen molar-refractivity contribution in [1.82, 2.24) is 24.4 Å². The minimum atomic E-state index is -0.137. The summed E-state index contributed by atoms with van der Waals surface area (Å²) >= 11 is 0. The number of aromatic amines is 1. The number of hydrogen-bond donors (Lipinski definition) is 2. The molecule has 0 radical (unpaired) electrons. The van der Waals surface area contributed by atoms with E-state index >= 15 is 0 Å². The number of imidazole rings is 1. The van der Waals surface area contributed by atoms with Crippen LogP contribution in [0, 0.1) is 0 Å². The highest BCUT2D eigenvalue weighted by Crippen LogP contribution is 2.19. The number of hydrogen-bond acceptors (Lipinski definition) is 5. The molecule has 0 atom stereocenters. The van der Waals surface area contributed by atoms with Crippen LogP contribution in [0.2, 0.25) is 0 Å². The topological polar surface area (TPSA) is 92.8 Å². The second-order valence-corrected chi connectivity index (χ2v) is 5.91. The average molecular weight is 310 g/mol. The number of fused-ring (bicyclic) bond motifs is 2. The molecule has 4 rings (SSSR count). The number of anilines is 1. The Bertz CT molecular complexity index is 941.